The van der Waals surface area contributed by atoms with Gasteiger partial charge in [0.05, 0.1) is 13.2 Å². The molecule has 0 aliphatic carbocycles. The van der Waals surface area contributed by atoms with Crippen LogP contribution in [0.25, 0.3) is 10.8 Å². The van der Waals surface area contributed by atoms with Gasteiger partial charge in [0.1, 0.15) is 5.75 Å². The van der Waals surface area contributed by atoms with Crippen molar-refractivity contribution in [1.82, 2.24) is 0 Å². The minimum absolute atomic E-state index is 0.369. The molecule has 0 saturated heterocycles. The highest BCUT2D eigenvalue weighted by atomic mass is 16.5. The SMILES string of the molecule is CCC(O)c1ccc2cc(OC)ccc2c1. The van der Waals surface area contributed by atoms with Gasteiger partial charge in [-0.2, -0.15) is 0 Å². The summed E-state index contributed by atoms with van der Waals surface area (Å²) in [6, 6.07) is 12.0. The number of hydrogen-bond donors (Lipinski definition) is 1. The van der Waals surface area contributed by atoms with E-state index in [1.165, 1.54) is 0 Å². The molecule has 0 aliphatic rings. The fourth-order valence-electron chi connectivity index (χ4n) is 1.81. The molecule has 84 valence electrons. The number of aliphatic hydroxyl groups is 1. The lowest BCUT2D eigenvalue weighted by Gasteiger charge is -2.09. The molecule has 0 radical (unpaired) electrons. The Hall–Kier alpha value is -1.54. The van der Waals surface area contributed by atoms with Crippen LogP contribution in [0, 0.1) is 0 Å². The van der Waals surface area contributed by atoms with Gasteiger partial charge in [0.15, 0.2) is 0 Å². The van der Waals surface area contributed by atoms with E-state index in [0.29, 0.717) is 0 Å². The summed E-state index contributed by atoms with van der Waals surface area (Å²) in [4.78, 5) is 0. The largest absolute Gasteiger partial charge is 0.497 e. The highest BCUT2D eigenvalue weighted by molar-refractivity contribution is 5.84. The molecule has 2 aromatic carbocycles. The van der Waals surface area contributed by atoms with E-state index < -0.39 is 0 Å². The van der Waals surface area contributed by atoms with Crippen LogP contribution in [0.1, 0.15) is 25.0 Å². The fourth-order valence-corrected chi connectivity index (χ4v) is 1.81. The minimum atomic E-state index is -0.369. The van der Waals surface area contributed by atoms with E-state index in [1.54, 1.807) is 7.11 Å². The zero-order valence-electron chi connectivity index (χ0n) is 9.60. The maximum absolute atomic E-state index is 9.76. The van der Waals surface area contributed by atoms with Gasteiger partial charge in [0.2, 0.25) is 0 Å². The van der Waals surface area contributed by atoms with E-state index in [-0.39, 0.29) is 6.10 Å². The lowest BCUT2D eigenvalue weighted by molar-refractivity contribution is 0.174. The van der Waals surface area contributed by atoms with Crippen LogP contribution in [0.15, 0.2) is 36.4 Å². The van der Waals surface area contributed by atoms with Crippen LogP contribution in [0.3, 0.4) is 0 Å². The molecule has 1 atom stereocenters. The van der Waals surface area contributed by atoms with Crippen molar-refractivity contribution >= 4 is 10.8 Å². The Labute approximate surface area is 95.5 Å². The van der Waals surface area contributed by atoms with Crippen LogP contribution in [0.2, 0.25) is 0 Å². The Kier molecular flexibility index (Phi) is 3.11. The summed E-state index contributed by atoms with van der Waals surface area (Å²) in [6.45, 7) is 1.98. The monoisotopic (exact) mass is 216 g/mol. The van der Waals surface area contributed by atoms with Gasteiger partial charge >= 0.3 is 0 Å². The number of benzene rings is 2. The van der Waals surface area contributed by atoms with Gasteiger partial charge in [0, 0.05) is 0 Å². The van der Waals surface area contributed by atoms with Crippen molar-refractivity contribution in [3.8, 4) is 5.75 Å². The topological polar surface area (TPSA) is 29.5 Å². The number of methoxy groups -OCH3 is 1. The number of hydrogen-bond acceptors (Lipinski definition) is 2. The molecule has 2 heteroatoms. The third kappa shape index (κ3) is 2.02. The van der Waals surface area contributed by atoms with E-state index >= 15 is 0 Å². The molecular weight excluding hydrogens is 200 g/mol. The standard InChI is InChI=1S/C14H16O2/c1-3-14(15)12-5-4-11-9-13(16-2)7-6-10(11)8-12/h4-9,14-15H,3H2,1-2H3. The van der Waals surface area contributed by atoms with E-state index in [1.807, 2.05) is 43.3 Å². The molecule has 0 amide bonds. The molecule has 0 aliphatic heterocycles. The zero-order chi connectivity index (χ0) is 11.5. The number of aliphatic hydroxyl groups excluding tert-OH is 1. The minimum Gasteiger partial charge on any atom is -0.497 e. The Balaban J connectivity index is 2.47. The van der Waals surface area contributed by atoms with Crippen molar-refractivity contribution in [2.45, 2.75) is 19.4 Å². The molecule has 0 saturated carbocycles. The first-order chi connectivity index (χ1) is 7.74. The summed E-state index contributed by atoms with van der Waals surface area (Å²) in [5, 5.41) is 12.0. The van der Waals surface area contributed by atoms with Crippen molar-refractivity contribution in [3.63, 3.8) is 0 Å². The van der Waals surface area contributed by atoms with E-state index in [9.17, 15) is 5.11 Å². The Morgan fingerprint density at radius 1 is 1.12 bits per heavy atom. The molecule has 0 spiro atoms. The average Bonchev–Trinajstić information content (AvgIpc) is 2.36. The van der Waals surface area contributed by atoms with Crippen LogP contribution in [-0.4, -0.2) is 12.2 Å². The second-order valence-electron chi connectivity index (χ2n) is 3.90. The van der Waals surface area contributed by atoms with Gasteiger partial charge in [-0.3, -0.25) is 0 Å². The van der Waals surface area contributed by atoms with Gasteiger partial charge in [-0.1, -0.05) is 25.1 Å². The van der Waals surface area contributed by atoms with Gasteiger partial charge < -0.3 is 9.84 Å². The second-order valence-corrected chi connectivity index (χ2v) is 3.90. The summed E-state index contributed by atoms with van der Waals surface area (Å²) in [5.41, 5.74) is 0.972. The fraction of sp³-hybridized carbons (Fsp3) is 0.286. The van der Waals surface area contributed by atoms with Crippen LogP contribution in [0.5, 0.6) is 5.75 Å². The summed E-state index contributed by atoms with van der Waals surface area (Å²) in [6.07, 6.45) is 0.369. The molecule has 1 unspecified atom stereocenters. The van der Waals surface area contributed by atoms with Crippen LogP contribution in [-0.2, 0) is 0 Å². The maximum Gasteiger partial charge on any atom is 0.119 e. The lowest BCUT2D eigenvalue weighted by Crippen LogP contribution is -1.94. The highest BCUT2D eigenvalue weighted by Gasteiger charge is 2.05. The number of fused-ring (bicyclic) bond motifs is 1. The molecule has 0 fully saturated rings. The lowest BCUT2D eigenvalue weighted by atomic mass is 10.0. The Morgan fingerprint density at radius 3 is 2.50 bits per heavy atom. The summed E-state index contributed by atoms with van der Waals surface area (Å²) >= 11 is 0. The molecular formula is C14H16O2. The van der Waals surface area contributed by atoms with Gasteiger partial charge in [0.25, 0.3) is 0 Å². The summed E-state index contributed by atoms with van der Waals surface area (Å²) in [7, 11) is 1.66. The molecule has 2 rings (SSSR count). The first kappa shape index (κ1) is 11.0. The normalized spacial score (nSPS) is 12.7. The number of ether oxygens (including phenoxy) is 1. The molecule has 2 nitrogen and oxygen atoms in total. The smallest absolute Gasteiger partial charge is 0.119 e. The highest BCUT2D eigenvalue weighted by Crippen LogP contribution is 2.25. The predicted octanol–water partition coefficient (Wildman–Crippen LogP) is 3.29. The predicted molar refractivity (Wildman–Crippen MR) is 65.8 cm³/mol. The van der Waals surface area contributed by atoms with Gasteiger partial charge in [-0.25, -0.2) is 0 Å². The first-order valence-electron chi connectivity index (χ1n) is 5.50. The second kappa shape index (κ2) is 4.54. The third-order valence-corrected chi connectivity index (χ3v) is 2.84. The van der Waals surface area contributed by atoms with Gasteiger partial charge in [-0.05, 0) is 41.0 Å². The van der Waals surface area contributed by atoms with Crippen LogP contribution >= 0.6 is 0 Å². The quantitative estimate of drug-likeness (QED) is 0.853. The molecule has 16 heavy (non-hydrogen) atoms. The molecule has 0 bridgehead atoms. The van der Waals surface area contributed by atoms with Crippen LogP contribution < -0.4 is 4.74 Å². The van der Waals surface area contributed by atoms with E-state index in [4.69, 9.17) is 4.74 Å². The average molecular weight is 216 g/mol. The maximum atomic E-state index is 9.76. The summed E-state index contributed by atoms with van der Waals surface area (Å²) < 4.78 is 5.17. The van der Waals surface area contributed by atoms with Crippen molar-refractivity contribution in [1.29, 1.82) is 0 Å². The van der Waals surface area contributed by atoms with E-state index in [2.05, 4.69) is 0 Å². The van der Waals surface area contributed by atoms with Gasteiger partial charge in [-0.15, -0.1) is 0 Å². The molecule has 2 aromatic rings. The first-order valence-corrected chi connectivity index (χ1v) is 5.50. The zero-order valence-corrected chi connectivity index (χ0v) is 9.60. The number of rotatable bonds is 3. The van der Waals surface area contributed by atoms with Crippen molar-refractivity contribution in [2.75, 3.05) is 7.11 Å². The third-order valence-electron chi connectivity index (χ3n) is 2.84. The van der Waals surface area contributed by atoms with E-state index in [0.717, 1.165) is 28.5 Å². The molecule has 0 aromatic heterocycles. The molecule has 0 heterocycles. The van der Waals surface area contributed by atoms with Crippen molar-refractivity contribution in [3.05, 3.63) is 42.0 Å². The molecule has 1 N–H and O–H groups in total. The Morgan fingerprint density at radius 2 is 1.81 bits per heavy atom. The van der Waals surface area contributed by atoms with Crippen molar-refractivity contribution < 1.29 is 9.84 Å². The summed E-state index contributed by atoms with van der Waals surface area (Å²) in [5.74, 6) is 0.858. The van der Waals surface area contributed by atoms with Crippen molar-refractivity contribution in [2.24, 2.45) is 0 Å². The van der Waals surface area contributed by atoms with Crippen LogP contribution in [0.4, 0.5) is 0 Å². The Bertz CT molecular complexity index is 491.